The summed E-state index contributed by atoms with van der Waals surface area (Å²) in [6.45, 7) is 0.0188. The first-order valence-corrected chi connectivity index (χ1v) is 11.3. The van der Waals surface area contributed by atoms with Crippen molar-refractivity contribution in [3.8, 4) is 5.75 Å². The number of urea groups is 1. The maximum absolute atomic E-state index is 13.4. The SMILES string of the molecule is O=C1NC(=O)N(c2ccccc2)C(=O)/C1=C/c1c(OCc2cccc([N+](=O)[O-])c2)ccc2ccccc12. The van der Waals surface area contributed by atoms with Crippen molar-refractivity contribution in [1.82, 2.24) is 5.32 Å². The largest absolute Gasteiger partial charge is 0.488 e. The van der Waals surface area contributed by atoms with E-state index in [1.165, 1.54) is 18.2 Å². The molecule has 0 unspecified atom stereocenters. The van der Waals surface area contributed by atoms with Crippen molar-refractivity contribution in [2.75, 3.05) is 4.90 Å². The third kappa shape index (κ3) is 4.65. The highest BCUT2D eigenvalue weighted by Crippen LogP contribution is 2.32. The number of hydrogen-bond donors (Lipinski definition) is 1. The van der Waals surface area contributed by atoms with Crippen molar-refractivity contribution in [3.63, 3.8) is 0 Å². The van der Waals surface area contributed by atoms with Gasteiger partial charge in [0.05, 0.1) is 10.6 Å². The normalized spacial score (nSPS) is 14.6. The number of hydrogen-bond acceptors (Lipinski definition) is 6. The predicted octanol–water partition coefficient (Wildman–Crippen LogP) is 4.99. The van der Waals surface area contributed by atoms with E-state index in [9.17, 15) is 24.5 Å². The molecule has 0 atom stereocenters. The molecule has 4 aromatic carbocycles. The summed E-state index contributed by atoms with van der Waals surface area (Å²) < 4.78 is 6.02. The second-order valence-corrected chi connectivity index (χ2v) is 8.21. The highest BCUT2D eigenvalue weighted by atomic mass is 16.6. The molecule has 9 nitrogen and oxygen atoms in total. The molecule has 182 valence electrons. The van der Waals surface area contributed by atoms with Gasteiger partial charge in [-0.2, -0.15) is 0 Å². The Morgan fingerprint density at radius 2 is 1.65 bits per heavy atom. The molecule has 1 fully saturated rings. The Morgan fingerprint density at radius 1 is 0.892 bits per heavy atom. The van der Waals surface area contributed by atoms with Gasteiger partial charge in [0.1, 0.15) is 17.9 Å². The zero-order chi connectivity index (χ0) is 25.9. The number of carbonyl (C=O) groups excluding carboxylic acids is 3. The average Bonchev–Trinajstić information content (AvgIpc) is 2.90. The zero-order valence-corrected chi connectivity index (χ0v) is 19.3. The van der Waals surface area contributed by atoms with Gasteiger partial charge in [-0.05, 0) is 40.6 Å². The van der Waals surface area contributed by atoms with Gasteiger partial charge in [0.2, 0.25) is 0 Å². The lowest BCUT2D eigenvalue weighted by atomic mass is 9.99. The van der Waals surface area contributed by atoms with Crippen molar-refractivity contribution in [2.24, 2.45) is 0 Å². The highest BCUT2D eigenvalue weighted by Gasteiger charge is 2.37. The number of barbiturate groups is 1. The second-order valence-electron chi connectivity index (χ2n) is 8.21. The molecule has 1 heterocycles. The van der Waals surface area contributed by atoms with Crippen LogP contribution >= 0.6 is 0 Å². The van der Waals surface area contributed by atoms with Gasteiger partial charge >= 0.3 is 6.03 Å². The van der Waals surface area contributed by atoms with Crippen LogP contribution in [0.3, 0.4) is 0 Å². The smallest absolute Gasteiger partial charge is 0.335 e. The standard InChI is InChI=1S/C28H19N3O6/c32-26-24(27(33)30(28(34)29-26)20-9-2-1-3-10-20)16-23-22-12-5-4-8-19(22)13-14-25(23)37-17-18-7-6-11-21(15-18)31(35)36/h1-16H,17H2,(H,29,32,34)/b24-16+. The molecule has 5 rings (SSSR count). The molecule has 0 saturated carbocycles. The van der Waals surface area contributed by atoms with Crippen molar-refractivity contribution < 1.29 is 24.0 Å². The summed E-state index contributed by atoms with van der Waals surface area (Å²) in [4.78, 5) is 50.2. The quantitative estimate of drug-likeness (QED) is 0.175. The lowest BCUT2D eigenvalue weighted by molar-refractivity contribution is -0.384. The van der Waals surface area contributed by atoms with Gasteiger partial charge in [-0.15, -0.1) is 0 Å². The fourth-order valence-electron chi connectivity index (χ4n) is 4.08. The van der Waals surface area contributed by atoms with Gasteiger partial charge in [-0.1, -0.05) is 60.7 Å². The molecule has 1 aliphatic heterocycles. The Hall–Kier alpha value is -5.31. The number of rotatable bonds is 6. The summed E-state index contributed by atoms with van der Waals surface area (Å²) in [5.41, 5.74) is 1.07. The Morgan fingerprint density at radius 3 is 2.43 bits per heavy atom. The Labute approximate surface area is 210 Å². The van der Waals surface area contributed by atoms with E-state index in [-0.39, 0.29) is 17.9 Å². The minimum atomic E-state index is -0.835. The predicted molar refractivity (Wildman–Crippen MR) is 137 cm³/mol. The van der Waals surface area contributed by atoms with E-state index in [0.717, 1.165) is 15.7 Å². The number of non-ortho nitro benzene ring substituents is 1. The molecule has 0 radical (unpaired) electrons. The van der Waals surface area contributed by atoms with E-state index in [2.05, 4.69) is 5.32 Å². The van der Waals surface area contributed by atoms with Gasteiger partial charge in [0, 0.05) is 17.7 Å². The van der Waals surface area contributed by atoms with Crippen LogP contribution < -0.4 is 15.0 Å². The van der Waals surface area contributed by atoms with Crippen LogP contribution in [-0.2, 0) is 16.2 Å². The van der Waals surface area contributed by atoms with E-state index in [0.29, 0.717) is 22.6 Å². The number of nitro groups is 1. The van der Waals surface area contributed by atoms with E-state index in [4.69, 9.17) is 4.74 Å². The topological polar surface area (TPSA) is 119 Å². The molecule has 1 N–H and O–H groups in total. The number of nitrogens with zero attached hydrogens (tertiary/aromatic N) is 2. The van der Waals surface area contributed by atoms with Crippen molar-refractivity contribution in [3.05, 3.63) is 118 Å². The van der Waals surface area contributed by atoms with Crippen LogP contribution in [0.25, 0.3) is 16.8 Å². The number of ether oxygens (including phenoxy) is 1. The number of amides is 4. The Kier molecular flexibility index (Phi) is 6.17. The van der Waals surface area contributed by atoms with E-state index >= 15 is 0 Å². The fraction of sp³-hybridized carbons (Fsp3) is 0.0357. The first-order chi connectivity index (χ1) is 17.9. The van der Waals surface area contributed by atoms with Gasteiger partial charge < -0.3 is 4.74 Å². The molecule has 1 saturated heterocycles. The molecular weight excluding hydrogens is 474 g/mol. The van der Waals surface area contributed by atoms with Crippen LogP contribution in [0.1, 0.15) is 11.1 Å². The molecule has 4 aromatic rings. The molecule has 0 aliphatic carbocycles. The van der Waals surface area contributed by atoms with E-state index < -0.39 is 22.8 Å². The Bertz CT molecular complexity index is 1600. The van der Waals surface area contributed by atoms with Crippen LogP contribution in [0.15, 0.2) is 96.6 Å². The van der Waals surface area contributed by atoms with E-state index in [1.54, 1.807) is 48.5 Å². The number of nitro benzene ring substituents is 1. The molecule has 0 bridgehead atoms. The molecule has 37 heavy (non-hydrogen) atoms. The number of imide groups is 2. The number of fused-ring (bicyclic) bond motifs is 1. The number of para-hydroxylation sites is 1. The second kappa shape index (κ2) is 9.74. The lowest BCUT2D eigenvalue weighted by Gasteiger charge is -2.26. The average molecular weight is 493 g/mol. The maximum atomic E-state index is 13.4. The summed E-state index contributed by atoms with van der Waals surface area (Å²) in [5.74, 6) is -1.22. The van der Waals surface area contributed by atoms with E-state index in [1.807, 2.05) is 30.3 Å². The molecule has 0 aromatic heterocycles. The van der Waals surface area contributed by atoms with Crippen molar-refractivity contribution in [2.45, 2.75) is 6.61 Å². The van der Waals surface area contributed by atoms with Gasteiger partial charge in [-0.3, -0.25) is 25.0 Å². The lowest BCUT2D eigenvalue weighted by Crippen LogP contribution is -2.54. The number of benzene rings is 4. The van der Waals surface area contributed by atoms with Crippen molar-refractivity contribution >= 4 is 46.1 Å². The summed E-state index contributed by atoms with van der Waals surface area (Å²) in [6, 6.07) is 24.5. The van der Waals surface area contributed by atoms with Crippen LogP contribution in [0, 0.1) is 10.1 Å². The minimum Gasteiger partial charge on any atom is -0.488 e. The number of nitrogens with one attached hydrogen (secondary N) is 1. The molecule has 0 spiro atoms. The molecule has 9 heteroatoms. The van der Waals surface area contributed by atoms with Gasteiger partial charge in [0.15, 0.2) is 0 Å². The molecular formula is C28H19N3O6. The van der Waals surface area contributed by atoms with Crippen LogP contribution in [0.4, 0.5) is 16.2 Å². The van der Waals surface area contributed by atoms with Crippen LogP contribution in [0.2, 0.25) is 0 Å². The highest BCUT2D eigenvalue weighted by molar-refractivity contribution is 6.39. The van der Waals surface area contributed by atoms with Crippen LogP contribution in [-0.4, -0.2) is 22.8 Å². The summed E-state index contributed by atoms with van der Waals surface area (Å²) in [5, 5.41) is 14.9. The fourth-order valence-corrected chi connectivity index (χ4v) is 4.08. The Balaban J connectivity index is 1.56. The third-order valence-corrected chi connectivity index (χ3v) is 5.85. The monoisotopic (exact) mass is 493 g/mol. The first-order valence-electron chi connectivity index (χ1n) is 11.3. The number of anilines is 1. The maximum Gasteiger partial charge on any atom is 0.335 e. The number of carbonyl (C=O) groups is 3. The van der Waals surface area contributed by atoms with Gasteiger partial charge in [-0.25, -0.2) is 9.69 Å². The summed E-state index contributed by atoms with van der Waals surface area (Å²) in [7, 11) is 0. The summed E-state index contributed by atoms with van der Waals surface area (Å²) in [6.07, 6.45) is 1.41. The first kappa shape index (κ1) is 23.4. The zero-order valence-electron chi connectivity index (χ0n) is 19.3. The summed E-state index contributed by atoms with van der Waals surface area (Å²) >= 11 is 0. The van der Waals surface area contributed by atoms with Crippen molar-refractivity contribution in [1.29, 1.82) is 0 Å². The molecule has 4 amide bonds. The van der Waals surface area contributed by atoms with Crippen LogP contribution in [0.5, 0.6) is 5.75 Å². The molecule has 1 aliphatic rings. The minimum absolute atomic E-state index is 0.0188. The van der Waals surface area contributed by atoms with Gasteiger partial charge in [0.25, 0.3) is 17.5 Å². The third-order valence-electron chi connectivity index (χ3n) is 5.85.